The number of carbonyl (C=O) groups is 1. The summed E-state index contributed by atoms with van der Waals surface area (Å²) in [5.41, 5.74) is -0.223. The first kappa shape index (κ1) is 15.0. The highest BCUT2D eigenvalue weighted by Gasteiger charge is 2.21. The lowest BCUT2D eigenvalue weighted by molar-refractivity contribution is 0.0693. The van der Waals surface area contributed by atoms with E-state index in [1.54, 1.807) is 0 Å². The summed E-state index contributed by atoms with van der Waals surface area (Å²) >= 11 is 0. The van der Waals surface area contributed by atoms with E-state index in [1.165, 1.54) is 6.92 Å². The molecule has 0 spiro atoms. The highest BCUT2D eigenvalue weighted by molar-refractivity contribution is 7.89. The fourth-order valence-corrected chi connectivity index (χ4v) is 2.75. The number of aromatic carboxylic acids is 1. The number of nitrogens with one attached hydrogen (secondary N) is 1. The molecule has 19 heavy (non-hydrogen) atoms. The van der Waals surface area contributed by atoms with Gasteiger partial charge in [-0.25, -0.2) is 17.9 Å². The van der Waals surface area contributed by atoms with E-state index in [9.17, 15) is 18.3 Å². The maximum atomic E-state index is 12.0. The van der Waals surface area contributed by atoms with Crippen LogP contribution < -0.4 is 4.72 Å². The van der Waals surface area contributed by atoms with Gasteiger partial charge in [0, 0.05) is 13.0 Å². The van der Waals surface area contributed by atoms with Crippen LogP contribution in [0.25, 0.3) is 0 Å². The zero-order valence-electron chi connectivity index (χ0n) is 10.2. The maximum absolute atomic E-state index is 12.0. The number of hydrogen-bond acceptors (Lipinski definition) is 4. The number of aryl methyl sites for hydroxylation is 1. The highest BCUT2D eigenvalue weighted by Crippen LogP contribution is 2.25. The predicted molar refractivity (Wildman–Crippen MR) is 68.4 cm³/mol. The Bertz CT molecular complexity index is 643. The molecule has 0 saturated carbocycles. The molecule has 0 aliphatic carbocycles. The van der Waals surface area contributed by atoms with Gasteiger partial charge in [-0.05, 0) is 24.6 Å². The van der Waals surface area contributed by atoms with Crippen molar-refractivity contribution in [2.75, 3.05) is 6.54 Å². The van der Waals surface area contributed by atoms with E-state index >= 15 is 0 Å². The molecule has 7 heteroatoms. The molecule has 0 aliphatic rings. The summed E-state index contributed by atoms with van der Waals surface area (Å²) in [6, 6.07) is 2.02. The van der Waals surface area contributed by atoms with Gasteiger partial charge in [0.1, 0.15) is 11.3 Å². The van der Waals surface area contributed by atoms with Crippen molar-refractivity contribution >= 4 is 16.0 Å². The monoisotopic (exact) mass is 283 g/mol. The molecule has 0 atom stereocenters. The van der Waals surface area contributed by atoms with Gasteiger partial charge >= 0.3 is 5.97 Å². The van der Waals surface area contributed by atoms with Crippen LogP contribution in [0.3, 0.4) is 0 Å². The van der Waals surface area contributed by atoms with Crippen LogP contribution in [0.15, 0.2) is 17.0 Å². The molecular formula is C12H13NO5S. The molecule has 0 unspecified atom stereocenters. The predicted octanol–water partition coefficient (Wildman–Crippen LogP) is 0.700. The Morgan fingerprint density at radius 3 is 2.63 bits per heavy atom. The molecule has 0 aromatic heterocycles. The first-order valence-electron chi connectivity index (χ1n) is 5.29. The second kappa shape index (κ2) is 5.73. The largest absolute Gasteiger partial charge is 0.507 e. The molecule has 0 radical (unpaired) electrons. The van der Waals surface area contributed by atoms with Crippen molar-refractivity contribution < 1.29 is 23.4 Å². The zero-order chi connectivity index (χ0) is 14.6. The van der Waals surface area contributed by atoms with Gasteiger partial charge in [0.15, 0.2) is 0 Å². The first-order valence-corrected chi connectivity index (χ1v) is 6.78. The fourth-order valence-electron chi connectivity index (χ4n) is 1.47. The van der Waals surface area contributed by atoms with Crippen molar-refractivity contribution in [1.82, 2.24) is 4.72 Å². The molecule has 1 aromatic carbocycles. The van der Waals surface area contributed by atoms with Gasteiger partial charge < -0.3 is 10.2 Å². The van der Waals surface area contributed by atoms with Crippen LogP contribution in [0.1, 0.15) is 22.3 Å². The third kappa shape index (κ3) is 3.47. The van der Waals surface area contributed by atoms with Gasteiger partial charge in [0.25, 0.3) is 0 Å². The van der Waals surface area contributed by atoms with E-state index in [0.717, 1.165) is 12.1 Å². The smallest absolute Gasteiger partial charge is 0.339 e. The molecule has 0 heterocycles. The Hall–Kier alpha value is -2.04. The van der Waals surface area contributed by atoms with Crippen molar-refractivity contribution in [3.63, 3.8) is 0 Å². The summed E-state index contributed by atoms with van der Waals surface area (Å²) in [5, 5.41) is 18.3. The van der Waals surface area contributed by atoms with Crippen molar-refractivity contribution in [2.45, 2.75) is 18.2 Å². The number of terminal acetylenes is 1. The van der Waals surface area contributed by atoms with Crippen molar-refractivity contribution in [2.24, 2.45) is 0 Å². The standard InChI is InChI=1S/C12H13NO5S/c1-3-4-5-13-19(17,18)11-7-9(12(15)16)10(14)6-8(11)2/h1,6-7,13-14H,4-5H2,2H3,(H,15,16). The molecule has 0 fully saturated rings. The van der Waals surface area contributed by atoms with Crippen LogP contribution in [0.5, 0.6) is 5.75 Å². The van der Waals surface area contributed by atoms with Gasteiger partial charge in [-0.3, -0.25) is 0 Å². The number of carboxylic acid groups (broad SMARTS) is 1. The van der Waals surface area contributed by atoms with E-state index in [2.05, 4.69) is 10.6 Å². The Morgan fingerprint density at radius 2 is 2.11 bits per heavy atom. The highest BCUT2D eigenvalue weighted by atomic mass is 32.2. The van der Waals surface area contributed by atoms with Gasteiger partial charge in [-0.15, -0.1) is 12.3 Å². The second-order valence-corrected chi connectivity index (χ2v) is 5.53. The number of hydrogen-bond donors (Lipinski definition) is 3. The molecule has 0 aliphatic heterocycles. The number of sulfonamides is 1. The summed E-state index contributed by atoms with van der Waals surface area (Å²) in [5.74, 6) is 0.400. The van der Waals surface area contributed by atoms with E-state index < -0.39 is 27.3 Å². The van der Waals surface area contributed by atoms with Gasteiger partial charge in [-0.2, -0.15) is 0 Å². The summed E-state index contributed by atoms with van der Waals surface area (Å²) < 4.78 is 26.2. The summed E-state index contributed by atoms with van der Waals surface area (Å²) in [6.45, 7) is 1.52. The molecule has 6 nitrogen and oxygen atoms in total. The van der Waals surface area contributed by atoms with E-state index in [1.807, 2.05) is 0 Å². The lowest BCUT2D eigenvalue weighted by Gasteiger charge is -2.10. The van der Waals surface area contributed by atoms with Gasteiger partial charge in [0.2, 0.25) is 10.0 Å². The average Bonchev–Trinajstić information content (AvgIpc) is 2.28. The molecule has 3 N–H and O–H groups in total. The number of phenols is 1. The lowest BCUT2D eigenvalue weighted by Crippen LogP contribution is -2.25. The maximum Gasteiger partial charge on any atom is 0.339 e. The van der Waals surface area contributed by atoms with Crippen LogP contribution >= 0.6 is 0 Å². The number of benzene rings is 1. The molecule has 0 amide bonds. The zero-order valence-corrected chi connectivity index (χ0v) is 11.0. The third-order valence-corrected chi connectivity index (χ3v) is 3.98. The van der Waals surface area contributed by atoms with E-state index in [0.29, 0.717) is 0 Å². The Labute approximate surface area is 111 Å². The number of rotatable bonds is 5. The molecule has 0 bridgehead atoms. The summed E-state index contributed by atoms with van der Waals surface area (Å²) in [4.78, 5) is 10.7. The Balaban J connectivity index is 3.24. The minimum absolute atomic E-state index is 0.0571. The summed E-state index contributed by atoms with van der Waals surface area (Å²) in [7, 11) is -3.86. The third-order valence-electron chi connectivity index (χ3n) is 2.37. The van der Waals surface area contributed by atoms with Crippen molar-refractivity contribution in [1.29, 1.82) is 0 Å². The van der Waals surface area contributed by atoms with Crippen molar-refractivity contribution in [3.8, 4) is 18.1 Å². The van der Waals surface area contributed by atoms with Crippen LogP contribution in [-0.2, 0) is 10.0 Å². The molecule has 1 aromatic rings. The second-order valence-electron chi connectivity index (χ2n) is 3.79. The summed E-state index contributed by atoms with van der Waals surface area (Å²) in [6.07, 6.45) is 5.24. The van der Waals surface area contributed by atoms with Crippen LogP contribution in [0.2, 0.25) is 0 Å². The molecule has 1 rings (SSSR count). The molecule has 102 valence electrons. The SMILES string of the molecule is C#CCCNS(=O)(=O)c1cc(C(=O)O)c(O)cc1C. The molecule has 0 saturated heterocycles. The number of aromatic hydroxyl groups is 1. The topological polar surface area (TPSA) is 104 Å². The van der Waals surface area contributed by atoms with Crippen LogP contribution in [-0.4, -0.2) is 31.1 Å². The van der Waals surface area contributed by atoms with E-state index in [-0.39, 0.29) is 23.4 Å². The minimum Gasteiger partial charge on any atom is -0.507 e. The van der Waals surface area contributed by atoms with Crippen LogP contribution in [0, 0.1) is 19.3 Å². The number of carboxylic acids is 1. The first-order chi connectivity index (χ1) is 8.79. The fraction of sp³-hybridized carbons (Fsp3) is 0.250. The minimum atomic E-state index is -3.86. The van der Waals surface area contributed by atoms with Gasteiger partial charge in [-0.1, -0.05) is 0 Å². The molecular weight excluding hydrogens is 270 g/mol. The normalized spacial score (nSPS) is 10.9. The average molecular weight is 283 g/mol. The van der Waals surface area contributed by atoms with Crippen LogP contribution in [0.4, 0.5) is 0 Å². The quantitative estimate of drug-likeness (QED) is 0.545. The lowest BCUT2D eigenvalue weighted by atomic mass is 10.1. The Morgan fingerprint density at radius 1 is 1.47 bits per heavy atom. The van der Waals surface area contributed by atoms with Gasteiger partial charge in [0.05, 0.1) is 4.90 Å². The van der Waals surface area contributed by atoms with Crippen molar-refractivity contribution in [3.05, 3.63) is 23.3 Å². The van der Waals surface area contributed by atoms with E-state index in [4.69, 9.17) is 11.5 Å². The Kier molecular flexibility index (Phi) is 4.53.